The van der Waals surface area contributed by atoms with Gasteiger partial charge in [0.05, 0.1) is 47.0 Å². The van der Waals surface area contributed by atoms with Crippen molar-refractivity contribution in [3.63, 3.8) is 0 Å². The van der Waals surface area contributed by atoms with E-state index in [4.69, 9.17) is 4.74 Å². The third-order valence-corrected chi connectivity index (χ3v) is 6.44. The molecular formula is C24H25N3O3. The fraction of sp³-hybridized carbons (Fsp3) is 0.333. The summed E-state index contributed by atoms with van der Waals surface area (Å²) in [6, 6.07) is 1.77. The van der Waals surface area contributed by atoms with E-state index in [2.05, 4.69) is 53.3 Å². The van der Waals surface area contributed by atoms with Crippen LogP contribution in [0.1, 0.15) is 46.9 Å². The second-order valence-electron chi connectivity index (χ2n) is 8.37. The molecule has 0 aromatic heterocycles. The average Bonchev–Trinajstić information content (AvgIpc) is 3.24. The Morgan fingerprint density at radius 3 is 2.93 bits per heavy atom. The molecule has 2 N–H and O–H groups in total. The number of esters is 1. The molecule has 5 rings (SSSR count). The standard InChI is InChI=1S/C24H25N3O3/c1-4-9-27-14(2)25-21-18(27)10-17(23(29)30-3)20-19(28)13-24(26-22(20)21)11-15-7-5-6-8-16(15)12-24/h4-7,10,12,14,25-26H,1,8-9,11,13H2,2-3H3. The topological polar surface area (TPSA) is 70.7 Å². The Hall–Kier alpha value is -3.28. The Labute approximate surface area is 176 Å². The van der Waals surface area contributed by atoms with Crippen LogP contribution in [0.25, 0.3) is 0 Å². The molecule has 2 aliphatic carbocycles. The van der Waals surface area contributed by atoms with E-state index in [0.717, 1.165) is 24.2 Å². The largest absolute Gasteiger partial charge is 0.465 e. The number of Topliss-reactive ketones (excluding diaryl/α,β-unsaturated/α-hetero) is 1. The average molecular weight is 403 g/mol. The first-order valence-corrected chi connectivity index (χ1v) is 10.3. The third-order valence-electron chi connectivity index (χ3n) is 6.44. The van der Waals surface area contributed by atoms with Crippen molar-refractivity contribution in [3.8, 4) is 0 Å². The van der Waals surface area contributed by atoms with Crippen molar-refractivity contribution >= 4 is 28.8 Å². The number of nitrogens with one attached hydrogen (secondary N) is 2. The van der Waals surface area contributed by atoms with Crippen LogP contribution < -0.4 is 15.5 Å². The summed E-state index contributed by atoms with van der Waals surface area (Å²) in [5, 5.41) is 7.17. The van der Waals surface area contributed by atoms with Crippen LogP contribution in [-0.2, 0) is 4.74 Å². The lowest BCUT2D eigenvalue weighted by atomic mass is 9.82. The molecule has 4 aliphatic rings. The van der Waals surface area contributed by atoms with Crippen LogP contribution in [0.3, 0.4) is 0 Å². The highest BCUT2D eigenvalue weighted by Crippen LogP contribution is 2.51. The highest BCUT2D eigenvalue weighted by atomic mass is 16.5. The molecular weight excluding hydrogens is 378 g/mol. The number of ether oxygens (including phenoxy) is 1. The van der Waals surface area contributed by atoms with E-state index in [9.17, 15) is 9.59 Å². The number of hydrogen-bond acceptors (Lipinski definition) is 6. The minimum Gasteiger partial charge on any atom is -0.465 e. The molecule has 0 bridgehead atoms. The number of fused-ring (bicyclic) bond motifs is 4. The molecule has 0 saturated heterocycles. The van der Waals surface area contributed by atoms with Crippen LogP contribution in [0, 0.1) is 0 Å². The van der Waals surface area contributed by atoms with Gasteiger partial charge in [-0.25, -0.2) is 4.79 Å². The summed E-state index contributed by atoms with van der Waals surface area (Å²) in [6.07, 6.45) is 12.4. The normalized spacial score (nSPS) is 25.6. The van der Waals surface area contributed by atoms with Gasteiger partial charge in [0.1, 0.15) is 0 Å². The van der Waals surface area contributed by atoms with Gasteiger partial charge in [0.2, 0.25) is 0 Å². The Kier molecular flexibility index (Phi) is 4.13. The van der Waals surface area contributed by atoms with E-state index in [1.807, 2.05) is 6.08 Å². The highest BCUT2D eigenvalue weighted by molar-refractivity contribution is 6.16. The van der Waals surface area contributed by atoms with Crippen molar-refractivity contribution in [2.45, 2.75) is 37.9 Å². The second-order valence-corrected chi connectivity index (χ2v) is 8.37. The van der Waals surface area contributed by atoms with Crippen LogP contribution in [-0.4, -0.2) is 37.1 Å². The number of carbonyl (C=O) groups excluding carboxylic acids is 2. The van der Waals surface area contributed by atoms with Crippen LogP contribution in [0.2, 0.25) is 0 Å². The maximum absolute atomic E-state index is 13.4. The SMILES string of the molecule is C=CCN1c2cc(C(=O)OC)c3c(c2NC1C)NC1(C=C2CC=CC=C2C1)CC3=O. The Bertz CT molecular complexity index is 1080. The molecule has 1 spiro atoms. The van der Waals surface area contributed by atoms with Crippen LogP contribution in [0.4, 0.5) is 17.1 Å². The van der Waals surface area contributed by atoms with Gasteiger partial charge < -0.3 is 20.3 Å². The van der Waals surface area contributed by atoms with Crippen molar-refractivity contribution in [3.05, 3.63) is 65.3 Å². The minimum atomic E-state index is -0.497. The summed E-state index contributed by atoms with van der Waals surface area (Å²) in [6.45, 7) is 6.53. The van der Waals surface area contributed by atoms with E-state index in [1.165, 1.54) is 18.3 Å². The van der Waals surface area contributed by atoms with Crippen molar-refractivity contribution in [1.29, 1.82) is 0 Å². The molecule has 0 saturated carbocycles. The Morgan fingerprint density at radius 2 is 2.20 bits per heavy atom. The Morgan fingerprint density at radius 1 is 1.37 bits per heavy atom. The van der Waals surface area contributed by atoms with Gasteiger partial charge in [0.15, 0.2) is 5.78 Å². The number of ketones is 1. The molecule has 154 valence electrons. The van der Waals surface area contributed by atoms with E-state index < -0.39 is 11.5 Å². The first-order valence-electron chi connectivity index (χ1n) is 10.3. The fourth-order valence-electron chi connectivity index (χ4n) is 5.15. The van der Waals surface area contributed by atoms with E-state index in [0.29, 0.717) is 29.8 Å². The molecule has 2 unspecified atom stereocenters. The lowest BCUT2D eigenvalue weighted by Gasteiger charge is -2.36. The zero-order valence-electron chi connectivity index (χ0n) is 17.2. The molecule has 2 heterocycles. The van der Waals surface area contributed by atoms with Crippen LogP contribution in [0.5, 0.6) is 0 Å². The van der Waals surface area contributed by atoms with Crippen molar-refractivity contribution in [1.82, 2.24) is 0 Å². The number of rotatable bonds is 3. The van der Waals surface area contributed by atoms with Gasteiger partial charge in [0.25, 0.3) is 0 Å². The number of hydrogen-bond donors (Lipinski definition) is 2. The van der Waals surface area contributed by atoms with Gasteiger partial charge in [-0.05, 0) is 37.0 Å². The molecule has 2 aliphatic heterocycles. The molecule has 0 amide bonds. The van der Waals surface area contributed by atoms with E-state index in [1.54, 1.807) is 6.07 Å². The maximum atomic E-state index is 13.4. The van der Waals surface area contributed by atoms with Crippen LogP contribution >= 0.6 is 0 Å². The fourth-order valence-corrected chi connectivity index (χ4v) is 5.15. The summed E-state index contributed by atoms with van der Waals surface area (Å²) in [4.78, 5) is 28.1. The van der Waals surface area contributed by atoms with E-state index in [-0.39, 0.29) is 11.9 Å². The monoisotopic (exact) mass is 403 g/mol. The minimum absolute atomic E-state index is 0.0150. The number of nitrogens with zero attached hydrogens (tertiary/aromatic N) is 1. The summed E-state index contributed by atoms with van der Waals surface area (Å²) < 4.78 is 5.02. The zero-order valence-corrected chi connectivity index (χ0v) is 17.2. The van der Waals surface area contributed by atoms with Gasteiger partial charge in [-0.3, -0.25) is 4.79 Å². The first kappa shape index (κ1) is 18.7. The summed E-state index contributed by atoms with van der Waals surface area (Å²) in [5.74, 6) is -0.531. The summed E-state index contributed by atoms with van der Waals surface area (Å²) >= 11 is 0. The van der Waals surface area contributed by atoms with Gasteiger partial charge in [0, 0.05) is 13.0 Å². The maximum Gasteiger partial charge on any atom is 0.338 e. The van der Waals surface area contributed by atoms with Gasteiger partial charge in [-0.15, -0.1) is 6.58 Å². The van der Waals surface area contributed by atoms with Crippen molar-refractivity contribution in [2.24, 2.45) is 0 Å². The van der Waals surface area contributed by atoms with Gasteiger partial charge in [-0.2, -0.15) is 0 Å². The number of benzene rings is 1. The quantitative estimate of drug-likeness (QED) is 0.583. The molecule has 0 radical (unpaired) electrons. The van der Waals surface area contributed by atoms with Gasteiger partial charge >= 0.3 is 5.97 Å². The predicted molar refractivity (Wildman–Crippen MR) is 118 cm³/mol. The second kappa shape index (κ2) is 6.62. The van der Waals surface area contributed by atoms with Crippen molar-refractivity contribution in [2.75, 3.05) is 29.2 Å². The number of carbonyl (C=O) groups is 2. The highest BCUT2D eigenvalue weighted by Gasteiger charge is 2.45. The van der Waals surface area contributed by atoms with Crippen molar-refractivity contribution < 1.29 is 14.3 Å². The molecule has 0 fully saturated rings. The molecule has 6 nitrogen and oxygen atoms in total. The van der Waals surface area contributed by atoms with E-state index >= 15 is 0 Å². The third kappa shape index (κ3) is 2.63. The predicted octanol–water partition coefficient (Wildman–Crippen LogP) is 4.19. The zero-order chi connectivity index (χ0) is 21.0. The molecule has 1 aromatic carbocycles. The smallest absolute Gasteiger partial charge is 0.338 e. The molecule has 2 atom stereocenters. The lowest BCUT2D eigenvalue weighted by molar-refractivity contribution is 0.0596. The number of methoxy groups -OCH3 is 1. The lowest BCUT2D eigenvalue weighted by Crippen LogP contribution is -2.42. The van der Waals surface area contributed by atoms with Gasteiger partial charge in [-0.1, -0.05) is 30.4 Å². The number of allylic oxidation sites excluding steroid dienone is 4. The molecule has 6 heteroatoms. The molecule has 30 heavy (non-hydrogen) atoms. The summed E-state index contributed by atoms with van der Waals surface area (Å²) in [5.41, 5.74) is 5.26. The van der Waals surface area contributed by atoms with Crippen LogP contribution in [0.15, 0.2) is 54.2 Å². The molecule has 1 aromatic rings. The first-order chi connectivity index (χ1) is 14.5. The summed E-state index contributed by atoms with van der Waals surface area (Å²) in [7, 11) is 1.35. The Balaban J connectivity index is 1.68. The number of anilines is 3.